The maximum atomic E-state index is 11.5. The Morgan fingerprint density at radius 3 is 2.90 bits per heavy atom. The van der Waals surface area contributed by atoms with E-state index in [1.54, 1.807) is 6.92 Å². The highest BCUT2D eigenvalue weighted by Crippen LogP contribution is 2.17. The third kappa shape index (κ3) is 2.60. The van der Waals surface area contributed by atoms with Gasteiger partial charge in [0, 0.05) is 12.3 Å². The van der Waals surface area contributed by atoms with E-state index in [2.05, 4.69) is 15.1 Å². The summed E-state index contributed by atoms with van der Waals surface area (Å²) >= 11 is 0. The first-order chi connectivity index (χ1) is 9.52. The largest absolute Gasteiger partial charge is 0.460 e. The molecule has 2 aromatic rings. The minimum absolute atomic E-state index is 0.124. The molecule has 9 heteroatoms. The number of carbonyl (C=O) groups excluding carboxylic acids is 1. The summed E-state index contributed by atoms with van der Waals surface area (Å²) < 4.78 is 6.00. The Hall–Kier alpha value is -2.84. The fraction of sp³-hybridized carbons (Fsp3) is 0.273. The summed E-state index contributed by atoms with van der Waals surface area (Å²) in [5.74, 6) is -0.535. The number of ether oxygens (including phenoxy) is 1. The molecule has 0 aromatic carbocycles. The van der Waals surface area contributed by atoms with Crippen LogP contribution in [0.2, 0.25) is 0 Å². The number of carbonyl (C=O) groups is 1. The molecule has 0 radical (unpaired) electrons. The third-order valence-electron chi connectivity index (χ3n) is 2.40. The van der Waals surface area contributed by atoms with Crippen LogP contribution in [0.3, 0.4) is 0 Å². The summed E-state index contributed by atoms with van der Waals surface area (Å²) in [6.45, 7) is 3.39. The zero-order valence-corrected chi connectivity index (χ0v) is 10.8. The zero-order chi connectivity index (χ0) is 14.7. The molecule has 0 atom stereocenters. The Bertz CT molecular complexity index is 667. The van der Waals surface area contributed by atoms with Crippen LogP contribution in [-0.2, 0) is 4.74 Å². The van der Waals surface area contributed by atoms with Crippen molar-refractivity contribution >= 4 is 11.7 Å². The fourth-order valence-corrected chi connectivity index (χ4v) is 1.52. The summed E-state index contributed by atoms with van der Waals surface area (Å²) in [4.78, 5) is 29.5. The Kier molecular flexibility index (Phi) is 3.69. The van der Waals surface area contributed by atoms with Gasteiger partial charge in [0.25, 0.3) is 0 Å². The van der Waals surface area contributed by atoms with E-state index in [-0.39, 0.29) is 29.6 Å². The van der Waals surface area contributed by atoms with Crippen LogP contribution in [0.5, 0.6) is 0 Å². The van der Waals surface area contributed by atoms with E-state index in [0.717, 1.165) is 0 Å². The minimum Gasteiger partial charge on any atom is -0.460 e. The van der Waals surface area contributed by atoms with E-state index in [9.17, 15) is 14.9 Å². The SMILES string of the molecule is CCOC(=O)c1nccc(-n2cc([N+](=O)[O-])c(C)n2)n1. The second kappa shape index (κ2) is 5.43. The molecule has 0 aliphatic rings. The summed E-state index contributed by atoms with van der Waals surface area (Å²) in [7, 11) is 0. The Balaban J connectivity index is 2.38. The molecular formula is C11H11N5O4. The van der Waals surface area contributed by atoms with E-state index in [1.165, 1.54) is 30.1 Å². The standard InChI is InChI=1S/C11H11N5O4/c1-3-20-11(17)10-12-5-4-9(13-10)15-6-8(16(18)19)7(2)14-15/h4-6H,3H2,1-2H3. The molecule has 20 heavy (non-hydrogen) atoms. The van der Waals surface area contributed by atoms with Crippen LogP contribution < -0.4 is 0 Å². The normalized spacial score (nSPS) is 10.3. The van der Waals surface area contributed by atoms with Gasteiger partial charge in [-0.3, -0.25) is 10.1 Å². The predicted octanol–water partition coefficient (Wildman–Crippen LogP) is 1.06. The highest BCUT2D eigenvalue weighted by atomic mass is 16.6. The first-order valence-electron chi connectivity index (χ1n) is 5.74. The lowest BCUT2D eigenvalue weighted by Crippen LogP contribution is -2.11. The van der Waals surface area contributed by atoms with Gasteiger partial charge in [0.15, 0.2) is 5.82 Å². The number of nitro groups is 1. The van der Waals surface area contributed by atoms with Crippen molar-refractivity contribution < 1.29 is 14.5 Å². The Labute approximate surface area is 113 Å². The van der Waals surface area contributed by atoms with Crippen molar-refractivity contribution in [2.24, 2.45) is 0 Å². The van der Waals surface area contributed by atoms with Crippen LogP contribution in [0, 0.1) is 17.0 Å². The summed E-state index contributed by atoms with van der Waals surface area (Å²) in [6.07, 6.45) is 2.59. The number of aromatic nitrogens is 4. The van der Waals surface area contributed by atoms with Gasteiger partial charge in [0.1, 0.15) is 11.9 Å². The Morgan fingerprint density at radius 1 is 1.55 bits per heavy atom. The summed E-state index contributed by atoms with van der Waals surface area (Å²) in [6, 6.07) is 1.49. The molecule has 0 saturated carbocycles. The maximum absolute atomic E-state index is 11.5. The third-order valence-corrected chi connectivity index (χ3v) is 2.40. The monoisotopic (exact) mass is 277 g/mol. The van der Waals surface area contributed by atoms with Crippen LogP contribution >= 0.6 is 0 Å². The maximum Gasteiger partial charge on any atom is 0.376 e. The fourth-order valence-electron chi connectivity index (χ4n) is 1.52. The zero-order valence-electron chi connectivity index (χ0n) is 10.8. The van der Waals surface area contributed by atoms with Crippen molar-refractivity contribution in [1.29, 1.82) is 0 Å². The molecule has 0 bridgehead atoms. The molecule has 0 spiro atoms. The predicted molar refractivity (Wildman–Crippen MR) is 66.5 cm³/mol. The van der Waals surface area contributed by atoms with E-state index in [0.29, 0.717) is 0 Å². The number of esters is 1. The molecule has 0 unspecified atom stereocenters. The van der Waals surface area contributed by atoms with Crippen LogP contribution in [0.15, 0.2) is 18.5 Å². The van der Waals surface area contributed by atoms with Gasteiger partial charge in [0.05, 0.1) is 11.5 Å². The van der Waals surface area contributed by atoms with Gasteiger partial charge in [-0.1, -0.05) is 0 Å². The number of hydrogen-bond donors (Lipinski definition) is 0. The minimum atomic E-state index is -0.660. The average molecular weight is 277 g/mol. The second-order valence-corrected chi connectivity index (χ2v) is 3.76. The van der Waals surface area contributed by atoms with Gasteiger partial charge in [-0.05, 0) is 13.8 Å². The number of hydrogen-bond acceptors (Lipinski definition) is 7. The van der Waals surface area contributed by atoms with Gasteiger partial charge in [-0.2, -0.15) is 5.10 Å². The van der Waals surface area contributed by atoms with Crippen molar-refractivity contribution in [2.75, 3.05) is 6.61 Å². The van der Waals surface area contributed by atoms with Crippen molar-refractivity contribution in [2.45, 2.75) is 13.8 Å². The van der Waals surface area contributed by atoms with E-state index in [1.807, 2.05) is 0 Å². The van der Waals surface area contributed by atoms with Crippen molar-refractivity contribution in [3.63, 3.8) is 0 Å². The molecule has 2 rings (SSSR count). The highest BCUT2D eigenvalue weighted by Gasteiger charge is 2.18. The van der Waals surface area contributed by atoms with Gasteiger partial charge in [0.2, 0.25) is 5.82 Å². The molecule has 0 aliphatic carbocycles. The molecule has 0 saturated heterocycles. The van der Waals surface area contributed by atoms with Gasteiger partial charge in [-0.15, -0.1) is 0 Å². The average Bonchev–Trinajstić information content (AvgIpc) is 2.81. The molecular weight excluding hydrogens is 266 g/mol. The molecule has 2 aromatic heterocycles. The molecule has 0 N–H and O–H groups in total. The molecule has 0 amide bonds. The van der Waals surface area contributed by atoms with Crippen molar-refractivity contribution in [3.8, 4) is 5.82 Å². The van der Waals surface area contributed by atoms with Gasteiger partial charge < -0.3 is 4.74 Å². The molecule has 9 nitrogen and oxygen atoms in total. The molecule has 0 fully saturated rings. The van der Waals surface area contributed by atoms with E-state index < -0.39 is 10.9 Å². The quantitative estimate of drug-likeness (QED) is 0.466. The topological polar surface area (TPSA) is 113 Å². The second-order valence-electron chi connectivity index (χ2n) is 3.76. The summed E-state index contributed by atoms with van der Waals surface area (Å²) in [5.41, 5.74) is 0.132. The molecule has 0 aliphatic heterocycles. The number of nitrogens with zero attached hydrogens (tertiary/aromatic N) is 5. The lowest BCUT2D eigenvalue weighted by atomic mass is 10.4. The van der Waals surface area contributed by atoms with E-state index >= 15 is 0 Å². The van der Waals surface area contributed by atoms with Crippen LogP contribution in [-0.4, -0.2) is 37.2 Å². The van der Waals surface area contributed by atoms with Gasteiger partial charge >= 0.3 is 11.7 Å². The number of aryl methyl sites for hydroxylation is 1. The molecule has 104 valence electrons. The smallest absolute Gasteiger partial charge is 0.376 e. The summed E-state index contributed by atoms with van der Waals surface area (Å²) in [5, 5.41) is 14.8. The van der Waals surface area contributed by atoms with Crippen molar-refractivity contribution in [3.05, 3.63) is 40.1 Å². The first kappa shape index (κ1) is 13.6. The lowest BCUT2D eigenvalue weighted by Gasteiger charge is -2.02. The van der Waals surface area contributed by atoms with Gasteiger partial charge in [-0.25, -0.2) is 19.4 Å². The lowest BCUT2D eigenvalue weighted by molar-refractivity contribution is -0.385. The van der Waals surface area contributed by atoms with Crippen LogP contribution in [0.4, 0.5) is 5.69 Å². The number of rotatable bonds is 4. The van der Waals surface area contributed by atoms with E-state index in [4.69, 9.17) is 4.74 Å². The Morgan fingerprint density at radius 2 is 2.30 bits per heavy atom. The van der Waals surface area contributed by atoms with Crippen molar-refractivity contribution in [1.82, 2.24) is 19.7 Å². The van der Waals surface area contributed by atoms with Crippen LogP contribution in [0.1, 0.15) is 23.2 Å². The highest BCUT2D eigenvalue weighted by molar-refractivity contribution is 5.85. The molecule has 2 heterocycles. The van der Waals surface area contributed by atoms with Crippen LogP contribution in [0.25, 0.3) is 5.82 Å². The first-order valence-corrected chi connectivity index (χ1v) is 5.74.